The first kappa shape index (κ1) is 20.7. The van der Waals surface area contributed by atoms with Crippen molar-refractivity contribution >= 4 is 34.9 Å². The van der Waals surface area contributed by atoms with Crippen molar-refractivity contribution in [2.45, 2.75) is 11.4 Å². The molecular formula is C24H17F2N3OS2. The number of carbonyl (C=O) groups is 1. The second-order valence-electron chi connectivity index (χ2n) is 7.44. The van der Waals surface area contributed by atoms with Gasteiger partial charge in [-0.15, -0.1) is 11.3 Å². The van der Waals surface area contributed by atoms with Gasteiger partial charge in [0.15, 0.2) is 0 Å². The number of carbonyl (C=O) groups excluding carboxylic acids is 1. The van der Waals surface area contributed by atoms with Gasteiger partial charge in [-0.1, -0.05) is 6.07 Å². The minimum atomic E-state index is -0.614. The molecule has 0 saturated heterocycles. The average molecular weight is 466 g/mol. The van der Waals surface area contributed by atoms with Crippen molar-refractivity contribution in [2.75, 3.05) is 11.8 Å². The zero-order chi connectivity index (χ0) is 22.2. The fraction of sp³-hybridized carbons (Fsp3) is 0.0833. The van der Waals surface area contributed by atoms with Gasteiger partial charge in [-0.25, -0.2) is 8.78 Å². The summed E-state index contributed by atoms with van der Waals surface area (Å²) in [5, 5.41) is 0. The van der Waals surface area contributed by atoms with Gasteiger partial charge in [0, 0.05) is 46.7 Å². The van der Waals surface area contributed by atoms with Crippen LogP contribution < -0.4 is 4.72 Å². The molecule has 1 aliphatic heterocycles. The fourth-order valence-corrected chi connectivity index (χ4v) is 5.19. The number of anilines is 1. The van der Waals surface area contributed by atoms with E-state index in [1.165, 1.54) is 12.1 Å². The second-order valence-corrected chi connectivity index (χ2v) is 9.37. The quantitative estimate of drug-likeness (QED) is 0.344. The van der Waals surface area contributed by atoms with E-state index < -0.39 is 11.6 Å². The van der Waals surface area contributed by atoms with Crippen LogP contribution in [-0.2, 0) is 6.54 Å². The fourth-order valence-electron chi connectivity index (χ4n) is 3.57. The van der Waals surface area contributed by atoms with E-state index in [1.54, 1.807) is 28.6 Å². The topological polar surface area (TPSA) is 45.2 Å². The van der Waals surface area contributed by atoms with Gasteiger partial charge in [0.1, 0.15) is 11.6 Å². The number of fused-ring (bicyclic) bond motifs is 1. The first-order chi connectivity index (χ1) is 15.5. The second kappa shape index (κ2) is 8.37. The maximum Gasteiger partial charge on any atom is 0.254 e. The van der Waals surface area contributed by atoms with Crippen LogP contribution in [0.1, 0.15) is 15.9 Å². The molecule has 4 aromatic rings. The Morgan fingerprint density at radius 2 is 1.81 bits per heavy atom. The average Bonchev–Trinajstić information content (AvgIpc) is 3.38. The van der Waals surface area contributed by atoms with Crippen molar-refractivity contribution in [3.05, 3.63) is 89.8 Å². The standard InChI is InChI=1S/C24H17F2N3OS2/c1-29-13-16-8-14(2-4-19(16)24(29)30)21-6-7-22(31-21)15-9-18(12-27-11-15)28-32-23-5-3-17(25)10-20(23)26/h2-12,28H,13H2,1H3. The number of hydrogen-bond donors (Lipinski definition) is 1. The molecule has 2 aromatic heterocycles. The molecule has 0 aliphatic carbocycles. The normalized spacial score (nSPS) is 12.8. The molecule has 3 heterocycles. The number of benzene rings is 2. The minimum absolute atomic E-state index is 0.0622. The smallest absolute Gasteiger partial charge is 0.254 e. The van der Waals surface area contributed by atoms with E-state index in [0.29, 0.717) is 17.1 Å². The summed E-state index contributed by atoms with van der Waals surface area (Å²) in [7, 11) is 1.81. The van der Waals surface area contributed by atoms with Crippen LogP contribution in [0.25, 0.3) is 20.9 Å². The van der Waals surface area contributed by atoms with Crippen LogP contribution in [0, 0.1) is 11.6 Å². The molecule has 0 unspecified atom stereocenters. The van der Waals surface area contributed by atoms with E-state index in [1.807, 2.05) is 31.3 Å². The summed E-state index contributed by atoms with van der Waals surface area (Å²) in [6.45, 7) is 0.629. The zero-order valence-electron chi connectivity index (χ0n) is 16.9. The molecule has 32 heavy (non-hydrogen) atoms. The van der Waals surface area contributed by atoms with E-state index in [4.69, 9.17) is 0 Å². The predicted molar refractivity (Wildman–Crippen MR) is 125 cm³/mol. The van der Waals surface area contributed by atoms with Gasteiger partial charge in [0.25, 0.3) is 5.91 Å². The molecule has 0 fully saturated rings. The van der Waals surface area contributed by atoms with Crippen LogP contribution in [-0.4, -0.2) is 22.8 Å². The van der Waals surface area contributed by atoms with E-state index in [0.717, 1.165) is 50.0 Å². The van der Waals surface area contributed by atoms with Crippen LogP contribution >= 0.6 is 23.3 Å². The molecule has 1 aliphatic rings. The number of halogens is 2. The Hall–Kier alpha value is -3.23. The summed E-state index contributed by atoms with van der Waals surface area (Å²) in [4.78, 5) is 20.6. The number of nitrogens with one attached hydrogen (secondary N) is 1. The Balaban J connectivity index is 1.35. The summed E-state index contributed by atoms with van der Waals surface area (Å²) < 4.78 is 30.0. The third-order valence-corrected chi connectivity index (χ3v) is 7.25. The van der Waals surface area contributed by atoms with E-state index >= 15 is 0 Å². The van der Waals surface area contributed by atoms with Crippen molar-refractivity contribution in [1.29, 1.82) is 0 Å². The largest absolute Gasteiger partial charge is 0.337 e. The molecule has 1 amide bonds. The molecule has 160 valence electrons. The maximum absolute atomic E-state index is 13.9. The first-order valence-corrected chi connectivity index (χ1v) is 11.4. The minimum Gasteiger partial charge on any atom is -0.337 e. The maximum atomic E-state index is 13.9. The predicted octanol–water partition coefficient (Wildman–Crippen LogP) is 6.46. The Morgan fingerprint density at radius 3 is 2.62 bits per heavy atom. The lowest BCUT2D eigenvalue weighted by Crippen LogP contribution is -2.17. The highest BCUT2D eigenvalue weighted by Gasteiger charge is 2.24. The van der Waals surface area contributed by atoms with Crippen LogP contribution in [0.4, 0.5) is 14.5 Å². The Morgan fingerprint density at radius 1 is 1.00 bits per heavy atom. The number of aromatic nitrogens is 1. The van der Waals surface area contributed by atoms with Crippen molar-refractivity contribution in [2.24, 2.45) is 0 Å². The van der Waals surface area contributed by atoms with Gasteiger partial charge in [0.05, 0.1) is 16.8 Å². The number of pyridine rings is 1. The van der Waals surface area contributed by atoms with Crippen molar-refractivity contribution in [3.63, 3.8) is 0 Å². The monoisotopic (exact) mass is 465 g/mol. The Bertz CT molecular complexity index is 1340. The van der Waals surface area contributed by atoms with Crippen LogP contribution in [0.2, 0.25) is 0 Å². The molecule has 0 atom stereocenters. The molecule has 8 heteroatoms. The van der Waals surface area contributed by atoms with Gasteiger partial charge in [0.2, 0.25) is 0 Å². The van der Waals surface area contributed by atoms with Crippen LogP contribution in [0.15, 0.2) is 71.9 Å². The third-order valence-electron chi connectivity index (χ3n) is 5.18. The summed E-state index contributed by atoms with van der Waals surface area (Å²) in [5.41, 5.74) is 4.54. The number of thiophene rings is 1. The molecule has 0 spiro atoms. The lowest BCUT2D eigenvalue weighted by Gasteiger charge is -2.07. The van der Waals surface area contributed by atoms with Crippen LogP contribution in [0.3, 0.4) is 0 Å². The van der Waals surface area contributed by atoms with E-state index in [9.17, 15) is 13.6 Å². The molecule has 1 N–H and O–H groups in total. The zero-order valence-corrected chi connectivity index (χ0v) is 18.6. The van der Waals surface area contributed by atoms with E-state index in [2.05, 4.69) is 21.8 Å². The lowest BCUT2D eigenvalue weighted by atomic mass is 10.1. The summed E-state index contributed by atoms with van der Waals surface area (Å²) >= 11 is 2.71. The van der Waals surface area contributed by atoms with Crippen molar-refractivity contribution < 1.29 is 13.6 Å². The number of nitrogens with zero attached hydrogens (tertiary/aromatic N) is 2. The molecule has 0 bridgehead atoms. The molecule has 2 aromatic carbocycles. The van der Waals surface area contributed by atoms with Crippen molar-refractivity contribution in [3.8, 4) is 20.9 Å². The highest BCUT2D eigenvalue weighted by molar-refractivity contribution is 8.00. The van der Waals surface area contributed by atoms with E-state index in [-0.39, 0.29) is 5.91 Å². The van der Waals surface area contributed by atoms with Gasteiger partial charge in [-0.3, -0.25) is 9.78 Å². The van der Waals surface area contributed by atoms with Gasteiger partial charge >= 0.3 is 0 Å². The van der Waals surface area contributed by atoms with Gasteiger partial charge in [-0.05, 0) is 65.5 Å². The number of hydrogen-bond acceptors (Lipinski definition) is 5. The summed E-state index contributed by atoms with van der Waals surface area (Å²) in [6, 6.07) is 15.5. The molecule has 0 radical (unpaired) electrons. The summed E-state index contributed by atoms with van der Waals surface area (Å²) in [6.07, 6.45) is 3.43. The number of amides is 1. The molecule has 5 rings (SSSR count). The Labute approximate surface area is 192 Å². The molecular weight excluding hydrogens is 448 g/mol. The first-order valence-electron chi connectivity index (χ1n) is 9.80. The summed E-state index contributed by atoms with van der Waals surface area (Å²) in [5.74, 6) is -1.16. The third kappa shape index (κ3) is 3.99. The lowest BCUT2D eigenvalue weighted by molar-refractivity contribution is 0.0816. The molecule has 4 nitrogen and oxygen atoms in total. The Kier molecular flexibility index (Phi) is 5.40. The van der Waals surface area contributed by atoms with Crippen LogP contribution in [0.5, 0.6) is 0 Å². The van der Waals surface area contributed by atoms with Gasteiger partial charge < -0.3 is 9.62 Å². The SMILES string of the molecule is CN1Cc2cc(-c3ccc(-c4cncc(NSc5ccc(F)cc5F)c4)s3)ccc2C1=O. The number of rotatable bonds is 5. The van der Waals surface area contributed by atoms with Crippen molar-refractivity contribution in [1.82, 2.24) is 9.88 Å². The molecule has 0 saturated carbocycles. The van der Waals surface area contributed by atoms with Gasteiger partial charge in [-0.2, -0.15) is 0 Å². The highest BCUT2D eigenvalue weighted by Crippen LogP contribution is 2.37. The highest BCUT2D eigenvalue weighted by atomic mass is 32.2.